The molecule has 0 spiro atoms. The lowest BCUT2D eigenvalue weighted by Gasteiger charge is -2.10. The van der Waals surface area contributed by atoms with Gasteiger partial charge in [-0.2, -0.15) is 0 Å². The van der Waals surface area contributed by atoms with Crippen molar-refractivity contribution in [1.82, 2.24) is 0 Å². The third kappa shape index (κ3) is 3.12. The van der Waals surface area contributed by atoms with E-state index in [1.165, 1.54) is 11.3 Å². The van der Waals surface area contributed by atoms with Crippen molar-refractivity contribution in [3.8, 4) is 0 Å². The Morgan fingerprint density at radius 3 is 2.35 bits per heavy atom. The van der Waals surface area contributed by atoms with Crippen LogP contribution in [0.1, 0.15) is 16.5 Å². The second-order valence-electron chi connectivity index (χ2n) is 3.32. The lowest BCUT2D eigenvalue weighted by Crippen LogP contribution is -1.92. The largest absolute Gasteiger partial charge is 0.113 e. The van der Waals surface area contributed by atoms with Crippen molar-refractivity contribution in [2.24, 2.45) is 0 Å². The van der Waals surface area contributed by atoms with E-state index in [9.17, 15) is 0 Å². The van der Waals surface area contributed by atoms with Gasteiger partial charge in [0.15, 0.2) is 0 Å². The molecule has 90 valence electrons. The van der Waals surface area contributed by atoms with E-state index in [4.69, 9.17) is 46.4 Å². The second kappa shape index (κ2) is 5.68. The molecule has 1 aromatic heterocycles. The molecule has 17 heavy (non-hydrogen) atoms. The van der Waals surface area contributed by atoms with E-state index < -0.39 is 0 Å². The Morgan fingerprint density at radius 1 is 1.12 bits per heavy atom. The van der Waals surface area contributed by atoms with Crippen LogP contribution in [0.15, 0.2) is 28.7 Å². The Hall–Kier alpha value is 0.560. The Kier molecular flexibility index (Phi) is 4.67. The molecule has 0 amide bonds. The van der Waals surface area contributed by atoms with Crippen LogP contribution in [0.5, 0.6) is 0 Å². The van der Waals surface area contributed by atoms with Gasteiger partial charge in [-0.3, -0.25) is 0 Å². The average molecular weight is 391 g/mol. The lowest BCUT2D eigenvalue weighted by atomic mass is 10.1. The number of hydrogen-bond donors (Lipinski definition) is 0. The van der Waals surface area contributed by atoms with E-state index in [0.29, 0.717) is 13.7 Å². The van der Waals surface area contributed by atoms with Crippen LogP contribution in [0.3, 0.4) is 0 Å². The van der Waals surface area contributed by atoms with Gasteiger partial charge >= 0.3 is 0 Å². The van der Waals surface area contributed by atoms with Gasteiger partial charge in [0.25, 0.3) is 0 Å². The third-order valence-electron chi connectivity index (χ3n) is 2.19. The second-order valence-corrected chi connectivity index (χ2v) is 7.30. The highest BCUT2D eigenvalue weighted by molar-refractivity contribution is 9.10. The lowest BCUT2D eigenvalue weighted by molar-refractivity contribution is 1.15. The molecule has 0 aliphatic heterocycles. The summed E-state index contributed by atoms with van der Waals surface area (Å²) in [4.78, 5) is 0. The Bertz CT molecular complexity index is 552. The van der Waals surface area contributed by atoms with Crippen LogP contribution in [0.25, 0.3) is 0 Å². The molecular formula is C11H5BrCl4S. The van der Waals surface area contributed by atoms with Crippen LogP contribution in [0.4, 0.5) is 0 Å². The van der Waals surface area contributed by atoms with Crippen LogP contribution in [0, 0.1) is 0 Å². The van der Waals surface area contributed by atoms with Crippen molar-refractivity contribution in [3.05, 3.63) is 53.6 Å². The van der Waals surface area contributed by atoms with Crippen molar-refractivity contribution in [1.29, 1.82) is 0 Å². The van der Waals surface area contributed by atoms with Gasteiger partial charge in [-0.05, 0) is 39.7 Å². The van der Waals surface area contributed by atoms with Gasteiger partial charge in [-0.25, -0.2) is 0 Å². The maximum absolute atomic E-state index is 6.37. The molecule has 0 radical (unpaired) electrons. The van der Waals surface area contributed by atoms with Gasteiger partial charge in [0.2, 0.25) is 0 Å². The fraction of sp³-hybridized carbons (Fsp3) is 0.0909. The molecule has 6 heteroatoms. The highest BCUT2D eigenvalue weighted by Crippen LogP contribution is 2.41. The summed E-state index contributed by atoms with van der Waals surface area (Å²) < 4.78 is 2.05. The van der Waals surface area contributed by atoms with Crippen LogP contribution in [-0.4, -0.2) is 0 Å². The molecule has 2 aromatic rings. The molecule has 1 unspecified atom stereocenters. The zero-order valence-electron chi connectivity index (χ0n) is 8.18. The van der Waals surface area contributed by atoms with Gasteiger partial charge < -0.3 is 0 Å². The van der Waals surface area contributed by atoms with Crippen LogP contribution in [-0.2, 0) is 0 Å². The van der Waals surface area contributed by atoms with Gasteiger partial charge in [0.1, 0.15) is 0 Å². The zero-order chi connectivity index (χ0) is 12.6. The molecule has 2 rings (SSSR count). The van der Waals surface area contributed by atoms with E-state index >= 15 is 0 Å². The highest BCUT2D eigenvalue weighted by atomic mass is 79.9. The fourth-order valence-electron chi connectivity index (χ4n) is 1.38. The van der Waals surface area contributed by atoms with Crippen molar-refractivity contribution >= 4 is 73.7 Å². The van der Waals surface area contributed by atoms with E-state index in [-0.39, 0.29) is 5.38 Å². The summed E-state index contributed by atoms with van der Waals surface area (Å²) in [7, 11) is 0. The first-order chi connectivity index (χ1) is 7.99. The smallest absolute Gasteiger partial charge is 0.0994 e. The molecule has 0 fully saturated rings. The van der Waals surface area contributed by atoms with Gasteiger partial charge in [0, 0.05) is 10.0 Å². The third-order valence-corrected chi connectivity index (χ3v) is 5.41. The summed E-state index contributed by atoms with van der Waals surface area (Å²) in [6.07, 6.45) is 0. The number of alkyl halides is 1. The van der Waals surface area contributed by atoms with Gasteiger partial charge in [-0.15, -0.1) is 22.9 Å². The highest BCUT2D eigenvalue weighted by Gasteiger charge is 2.17. The molecular weight excluding hydrogens is 386 g/mol. The first-order valence-corrected chi connectivity index (χ1v) is 7.70. The topological polar surface area (TPSA) is 0 Å². The molecule has 0 saturated carbocycles. The number of thiophene rings is 1. The molecule has 1 atom stereocenters. The minimum absolute atomic E-state index is 0.334. The predicted octanol–water partition coefficient (Wildman–Crippen LogP) is 6.80. The maximum atomic E-state index is 6.37. The summed E-state index contributed by atoms with van der Waals surface area (Å²) >= 11 is 28.9. The predicted molar refractivity (Wildman–Crippen MR) is 81.2 cm³/mol. The first kappa shape index (κ1) is 14.0. The number of hydrogen-bond acceptors (Lipinski definition) is 1. The Labute approximate surface area is 132 Å². The minimum Gasteiger partial charge on any atom is -0.113 e. The first-order valence-electron chi connectivity index (χ1n) is 4.53. The SMILES string of the molecule is Clc1cc(C(Cl)c2ccc(Cl)c(Br)c2)c(Cl)s1. The Balaban J connectivity index is 2.40. The summed E-state index contributed by atoms with van der Waals surface area (Å²) in [5, 5.41) is 0.312. The van der Waals surface area contributed by atoms with Crippen LogP contribution >= 0.6 is 73.7 Å². The van der Waals surface area contributed by atoms with E-state index in [0.717, 1.165) is 15.6 Å². The number of rotatable bonds is 2. The summed E-state index contributed by atoms with van der Waals surface area (Å²) in [6.45, 7) is 0. The van der Waals surface area contributed by atoms with Crippen molar-refractivity contribution < 1.29 is 0 Å². The molecule has 0 bridgehead atoms. The Morgan fingerprint density at radius 2 is 1.82 bits per heavy atom. The van der Waals surface area contributed by atoms with Crippen LogP contribution in [0.2, 0.25) is 13.7 Å². The summed E-state index contributed by atoms with van der Waals surface area (Å²) in [5.41, 5.74) is 1.73. The number of halogens is 5. The molecule has 0 aliphatic carbocycles. The van der Waals surface area contributed by atoms with Gasteiger partial charge in [-0.1, -0.05) is 40.9 Å². The van der Waals surface area contributed by atoms with Crippen molar-refractivity contribution in [2.75, 3.05) is 0 Å². The van der Waals surface area contributed by atoms with E-state index in [1.54, 1.807) is 12.1 Å². The molecule has 1 aromatic carbocycles. The molecule has 0 nitrogen and oxygen atoms in total. The summed E-state index contributed by atoms with van der Waals surface area (Å²) in [6, 6.07) is 7.32. The molecule has 0 N–H and O–H groups in total. The molecule has 0 aliphatic rings. The van der Waals surface area contributed by atoms with E-state index in [2.05, 4.69) is 15.9 Å². The zero-order valence-corrected chi connectivity index (χ0v) is 13.6. The van der Waals surface area contributed by atoms with Crippen LogP contribution < -0.4 is 0 Å². The molecule has 0 saturated heterocycles. The van der Waals surface area contributed by atoms with Gasteiger partial charge in [0.05, 0.1) is 19.1 Å². The monoisotopic (exact) mass is 388 g/mol. The average Bonchev–Trinajstić information content (AvgIpc) is 2.61. The van der Waals surface area contributed by atoms with Crippen molar-refractivity contribution in [2.45, 2.75) is 5.38 Å². The summed E-state index contributed by atoms with van der Waals surface area (Å²) in [5.74, 6) is 0. The number of benzene rings is 1. The normalized spacial score (nSPS) is 12.8. The molecule has 1 heterocycles. The standard InChI is InChI=1S/C11H5BrCl4S/c12-7-3-5(1-2-8(7)13)10(15)6-4-9(14)17-11(6)16/h1-4,10H. The minimum atomic E-state index is -0.334. The van der Waals surface area contributed by atoms with E-state index in [1.807, 2.05) is 12.1 Å². The van der Waals surface area contributed by atoms with Crippen molar-refractivity contribution in [3.63, 3.8) is 0 Å². The maximum Gasteiger partial charge on any atom is 0.0994 e. The fourth-order valence-corrected chi connectivity index (χ4v) is 3.85. The quantitative estimate of drug-likeness (QED) is 0.494.